The van der Waals surface area contributed by atoms with Crippen molar-refractivity contribution in [3.05, 3.63) is 28.8 Å². The third-order valence-corrected chi connectivity index (χ3v) is 7.37. The minimum absolute atomic E-state index is 0.0276. The van der Waals surface area contributed by atoms with Gasteiger partial charge in [0.25, 0.3) is 10.1 Å². The van der Waals surface area contributed by atoms with Crippen LogP contribution in [0.5, 0.6) is 0 Å². The lowest BCUT2D eigenvalue weighted by Crippen LogP contribution is -2.33. The summed E-state index contributed by atoms with van der Waals surface area (Å²) in [7, 11) is -3.89. The van der Waals surface area contributed by atoms with Gasteiger partial charge < -0.3 is 5.11 Å². The maximum atomic E-state index is 13.2. The Kier molecular flexibility index (Phi) is 7.74. The molecule has 0 aliphatic heterocycles. The van der Waals surface area contributed by atoms with E-state index in [0.717, 1.165) is 48.8 Å². The molecule has 1 aliphatic carbocycles. The fourth-order valence-electron chi connectivity index (χ4n) is 4.04. The van der Waals surface area contributed by atoms with E-state index in [9.17, 15) is 13.5 Å². The summed E-state index contributed by atoms with van der Waals surface area (Å²) in [5, 5.41) is 10.6. The van der Waals surface area contributed by atoms with Crippen molar-refractivity contribution in [2.75, 3.05) is 6.61 Å². The molecule has 160 valence electrons. The zero-order valence-corrected chi connectivity index (χ0v) is 19.2. The Morgan fingerprint density at radius 1 is 0.929 bits per heavy atom. The van der Waals surface area contributed by atoms with E-state index in [0.29, 0.717) is 17.2 Å². The summed E-state index contributed by atoms with van der Waals surface area (Å²) in [5.41, 5.74) is 2.03. The van der Waals surface area contributed by atoms with Gasteiger partial charge in [-0.3, -0.25) is 4.18 Å². The second-order valence-electron chi connectivity index (χ2n) is 9.30. The van der Waals surface area contributed by atoms with E-state index >= 15 is 0 Å². The molecule has 1 fully saturated rings. The number of aliphatic hydroxyl groups is 1. The molecule has 0 unspecified atom stereocenters. The van der Waals surface area contributed by atoms with Gasteiger partial charge in [0.05, 0.1) is 12.2 Å². The summed E-state index contributed by atoms with van der Waals surface area (Å²) in [6.45, 7) is 12.4. The van der Waals surface area contributed by atoms with Gasteiger partial charge in [-0.1, -0.05) is 72.9 Å². The van der Waals surface area contributed by atoms with Crippen LogP contribution in [0.15, 0.2) is 17.0 Å². The largest absolute Gasteiger partial charge is 0.390 e. The maximum absolute atomic E-state index is 13.2. The minimum atomic E-state index is -3.89. The van der Waals surface area contributed by atoms with Crippen LogP contribution in [0.25, 0.3) is 0 Å². The van der Waals surface area contributed by atoms with E-state index in [4.69, 9.17) is 4.18 Å². The highest BCUT2D eigenvalue weighted by Gasteiger charge is 2.31. The van der Waals surface area contributed by atoms with Crippen LogP contribution in [-0.2, 0) is 14.3 Å². The summed E-state index contributed by atoms with van der Waals surface area (Å²) in [6.07, 6.45) is 4.95. The summed E-state index contributed by atoms with van der Waals surface area (Å²) < 4.78 is 31.9. The van der Waals surface area contributed by atoms with Gasteiger partial charge >= 0.3 is 0 Å². The minimum Gasteiger partial charge on any atom is -0.390 e. The monoisotopic (exact) mass is 410 g/mol. The number of rotatable bonds is 8. The lowest BCUT2D eigenvalue weighted by molar-refractivity contribution is -0.0129. The van der Waals surface area contributed by atoms with Crippen LogP contribution in [0.3, 0.4) is 0 Å². The molecule has 1 aliphatic rings. The SMILES string of the molecule is CC(C)c1cc(C(C)C)c(S(=O)(=O)OCCC2(O)CCCCC2)c(C(C)C)c1. The van der Waals surface area contributed by atoms with E-state index < -0.39 is 15.7 Å². The van der Waals surface area contributed by atoms with Gasteiger partial charge in [-0.15, -0.1) is 0 Å². The Morgan fingerprint density at radius 2 is 1.43 bits per heavy atom. The highest BCUT2D eigenvalue weighted by molar-refractivity contribution is 7.86. The quantitative estimate of drug-likeness (QED) is 0.546. The van der Waals surface area contributed by atoms with Gasteiger partial charge in [-0.05, 0) is 47.3 Å². The van der Waals surface area contributed by atoms with Crippen LogP contribution in [-0.4, -0.2) is 25.7 Å². The van der Waals surface area contributed by atoms with Crippen molar-refractivity contribution in [2.45, 2.75) is 108 Å². The Balaban J connectivity index is 2.34. The van der Waals surface area contributed by atoms with Gasteiger partial charge in [0.2, 0.25) is 0 Å². The van der Waals surface area contributed by atoms with Gasteiger partial charge in [-0.2, -0.15) is 8.42 Å². The molecule has 0 atom stereocenters. The van der Waals surface area contributed by atoms with Crippen molar-refractivity contribution in [3.63, 3.8) is 0 Å². The molecule has 1 aromatic carbocycles. The van der Waals surface area contributed by atoms with Crippen LogP contribution < -0.4 is 0 Å². The lowest BCUT2D eigenvalue weighted by Gasteiger charge is -2.31. The number of hydrogen-bond acceptors (Lipinski definition) is 4. The molecule has 0 heterocycles. The molecule has 1 aromatic rings. The topological polar surface area (TPSA) is 63.6 Å². The van der Waals surface area contributed by atoms with Crippen LogP contribution in [0, 0.1) is 0 Å². The predicted octanol–water partition coefficient (Wildman–Crippen LogP) is 5.85. The summed E-state index contributed by atoms with van der Waals surface area (Å²) in [4.78, 5) is 0.331. The molecule has 0 bridgehead atoms. The first-order valence-corrected chi connectivity index (χ1v) is 12.2. The normalized spacial score (nSPS) is 17.6. The van der Waals surface area contributed by atoms with Crippen LogP contribution >= 0.6 is 0 Å². The van der Waals surface area contributed by atoms with Gasteiger partial charge in [-0.25, -0.2) is 0 Å². The van der Waals surface area contributed by atoms with Crippen molar-refractivity contribution < 1.29 is 17.7 Å². The third kappa shape index (κ3) is 5.58. The van der Waals surface area contributed by atoms with Gasteiger partial charge in [0.15, 0.2) is 0 Å². The van der Waals surface area contributed by atoms with E-state index in [-0.39, 0.29) is 18.4 Å². The highest BCUT2D eigenvalue weighted by atomic mass is 32.2. The van der Waals surface area contributed by atoms with E-state index in [2.05, 4.69) is 13.8 Å². The molecule has 4 nitrogen and oxygen atoms in total. The smallest absolute Gasteiger partial charge is 0.297 e. The third-order valence-electron chi connectivity index (χ3n) is 5.92. The van der Waals surface area contributed by atoms with E-state index in [1.165, 1.54) is 0 Å². The summed E-state index contributed by atoms with van der Waals surface area (Å²) in [6, 6.07) is 4.04. The molecule has 1 saturated carbocycles. The van der Waals surface area contributed by atoms with Crippen LogP contribution in [0.4, 0.5) is 0 Å². The average Bonchev–Trinajstić information content (AvgIpc) is 2.60. The molecule has 0 spiro atoms. The Morgan fingerprint density at radius 3 is 1.86 bits per heavy atom. The van der Waals surface area contributed by atoms with Gasteiger partial charge in [0, 0.05) is 6.42 Å². The fourth-order valence-corrected chi connectivity index (χ4v) is 5.63. The molecule has 5 heteroatoms. The molecule has 1 N–H and O–H groups in total. The van der Waals surface area contributed by atoms with E-state index in [1.54, 1.807) is 0 Å². The van der Waals surface area contributed by atoms with Crippen molar-refractivity contribution >= 4 is 10.1 Å². The first kappa shape index (κ1) is 23.4. The van der Waals surface area contributed by atoms with Crippen molar-refractivity contribution in [3.8, 4) is 0 Å². The molecule has 0 amide bonds. The van der Waals surface area contributed by atoms with Gasteiger partial charge in [0.1, 0.15) is 4.90 Å². The Hall–Kier alpha value is -0.910. The average molecular weight is 411 g/mol. The lowest BCUT2D eigenvalue weighted by atomic mass is 9.83. The standard InChI is InChI=1S/C23H38O4S/c1-16(2)19-14-20(17(3)4)22(21(15-19)18(5)6)28(25,26)27-13-12-23(24)10-8-7-9-11-23/h14-18,24H,7-13H2,1-6H3. The predicted molar refractivity (Wildman–Crippen MR) is 114 cm³/mol. The van der Waals surface area contributed by atoms with Crippen LogP contribution in [0.2, 0.25) is 0 Å². The molecule has 2 rings (SSSR count). The first-order chi connectivity index (χ1) is 13.0. The van der Waals surface area contributed by atoms with Crippen molar-refractivity contribution in [2.24, 2.45) is 0 Å². The Bertz CT molecular complexity index is 728. The molecule has 28 heavy (non-hydrogen) atoms. The second-order valence-corrected chi connectivity index (χ2v) is 10.9. The zero-order valence-electron chi connectivity index (χ0n) is 18.4. The first-order valence-electron chi connectivity index (χ1n) is 10.8. The molecule has 0 radical (unpaired) electrons. The number of benzene rings is 1. The summed E-state index contributed by atoms with van der Waals surface area (Å²) in [5.74, 6) is 0.479. The molecule has 0 aromatic heterocycles. The zero-order chi connectivity index (χ0) is 21.1. The van der Waals surface area contributed by atoms with E-state index in [1.807, 2.05) is 39.8 Å². The summed E-state index contributed by atoms with van der Waals surface area (Å²) >= 11 is 0. The highest BCUT2D eigenvalue weighted by Crippen LogP contribution is 2.36. The Labute approximate surface area is 171 Å². The molecular formula is C23H38O4S. The van der Waals surface area contributed by atoms with Crippen molar-refractivity contribution in [1.29, 1.82) is 0 Å². The molecule has 0 saturated heterocycles. The second kappa shape index (κ2) is 9.27. The molecular weight excluding hydrogens is 372 g/mol. The fraction of sp³-hybridized carbons (Fsp3) is 0.739. The maximum Gasteiger partial charge on any atom is 0.297 e. The number of hydrogen-bond donors (Lipinski definition) is 1. The van der Waals surface area contributed by atoms with Crippen LogP contribution in [0.1, 0.15) is 115 Å². The van der Waals surface area contributed by atoms with Crippen molar-refractivity contribution in [1.82, 2.24) is 0 Å².